The number of sulfonamides is 1. The van der Waals surface area contributed by atoms with Crippen molar-refractivity contribution in [1.82, 2.24) is 10.2 Å². The van der Waals surface area contributed by atoms with Gasteiger partial charge in [0.1, 0.15) is 12.6 Å². The lowest BCUT2D eigenvalue weighted by Gasteiger charge is -2.34. The van der Waals surface area contributed by atoms with Gasteiger partial charge in [-0.2, -0.15) is 0 Å². The minimum absolute atomic E-state index is 0.0311. The van der Waals surface area contributed by atoms with Gasteiger partial charge in [0, 0.05) is 27.1 Å². The van der Waals surface area contributed by atoms with Gasteiger partial charge in [-0.15, -0.1) is 0 Å². The Morgan fingerprint density at radius 2 is 1.73 bits per heavy atom. The maximum Gasteiger partial charge on any atom is 0.244 e. The fourth-order valence-electron chi connectivity index (χ4n) is 4.52. The molecule has 0 saturated heterocycles. The van der Waals surface area contributed by atoms with Crippen molar-refractivity contribution < 1.29 is 18.0 Å². The molecule has 2 amide bonds. The van der Waals surface area contributed by atoms with E-state index < -0.39 is 28.5 Å². The van der Waals surface area contributed by atoms with Crippen LogP contribution in [-0.2, 0) is 26.2 Å². The summed E-state index contributed by atoms with van der Waals surface area (Å²) >= 11 is 15.8. The average molecular weight is 633 g/mol. The summed E-state index contributed by atoms with van der Waals surface area (Å²) in [6, 6.07) is 10.9. The number of nitrogens with one attached hydrogen (secondary N) is 1. The molecule has 1 aliphatic carbocycles. The van der Waals surface area contributed by atoms with Crippen molar-refractivity contribution in [2.75, 3.05) is 17.1 Å². The number of amides is 2. The summed E-state index contributed by atoms with van der Waals surface area (Å²) in [7, 11) is -3.79. The third-order valence-electron chi connectivity index (χ3n) is 6.49. The van der Waals surface area contributed by atoms with Crippen LogP contribution in [0.4, 0.5) is 5.69 Å². The molecule has 0 aliphatic heterocycles. The van der Waals surface area contributed by atoms with Gasteiger partial charge in [0.05, 0.1) is 11.9 Å². The molecule has 0 bridgehead atoms. The molecule has 1 N–H and O–H groups in total. The third-order valence-corrected chi connectivity index (χ3v) is 8.74. The van der Waals surface area contributed by atoms with Crippen LogP contribution in [0.15, 0.2) is 46.9 Å². The monoisotopic (exact) mass is 631 g/mol. The van der Waals surface area contributed by atoms with Crippen LogP contribution in [0.2, 0.25) is 10.0 Å². The molecule has 1 aliphatic rings. The van der Waals surface area contributed by atoms with Crippen LogP contribution in [0.1, 0.15) is 51.0 Å². The highest BCUT2D eigenvalue weighted by molar-refractivity contribution is 9.10. The van der Waals surface area contributed by atoms with Crippen LogP contribution in [0, 0.1) is 0 Å². The molecule has 1 saturated carbocycles. The van der Waals surface area contributed by atoms with Gasteiger partial charge in [-0.3, -0.25) is 13.9 Å². The van der Waals surface area contributed by atoms with E-state index in [9.17, 15) is 18.0 Å². The molecule has 0 unspecified atom stereocenters. The lowest BCUT2D eigenvalue weighted by molar-refractivity contribution is -0.140. The lowest BCUT2D eigenvalue weighted by Crippen LogP contribution is -2.54. The van der Waals surface area contributed by atoms with Crippen molar-refractivity contribution in [3.05, 3.63) is 62.5 Å². The van der Waals surface area contributed by atoms with Crippen LogP contribution in [0.5, 0.6) is 0 Å². The first-order valence-corrected chi connectivity index (χ1v) is 15.7. The van der Waals surface area contributed by atoms with E-state index in [-0.39, 0.29) is 18.5 Å². The number of carbonyl (C=O) groups excluding carboxylic acids is 2. The number of hydrogen-bond acceptors (Lipinski definition) is 4. The molecular weight excluding hydrogens is 601 g/mol. The zero-order valence-corrected chi connectivity index (χ0v) is 24.8. The first-order chi connectivity index (χ1) is 17.5. The molecule has 0 radical (unpaired) electrons. The highest BCUT2D eigenvalue weighted by Gasteiger charge is 2.33. The van der Waals surface area contributed by atoms with Crippen molar-refractivity contribution in [2.24, 2.45) is 0 Å². The van der Waals surface area contributed by atoms with E-state index >= 15 is 0 Å². The number of halogens is 3. The minimum atomic E-state index is -3.79. The Morgan fingerprint density at radius 3 is 2.30 bits per heavy atom. The van der Waals surface area contributed by atoms with Crippen molar-refractivity contribution in [3.63, 3.8) is 0 Å². The van der Waals surface area contributed by atoms with Gasteiger partial charge in [0.25, 0.3) is 0 Å². The summed E-state index contributed by atoms with van der Waals surface area (Å²) in [6.45, 7) is 1.40. The van der Waals surface area contributed by atoms with Gasteiger partial charge < -0.3 is 10.2 Å². The normalized spacial score (nSPS) is 15.2. The smallest absolute Gasteiger partial charge is 0.244 e. The summed E-state index contributed by atoms with van der Waals surface area (Å²) < 4.78 is 27.2. The molecule has 0 spiro atoms. The van der Waals surface area contributed by atoms with Gasteiger partial charge in [0.2, 0.25) is 21.8 Å². The van der Waals surface area contributed by atoms with Crippen molar-refractivity contribution in [1.29, 1.82) is 0 Å². The summed E-state index contributed by atoms with van der Waals surface area (Å²) in [4.78, 5) is 28.6. The Balaban J connectivity index is 1.93. The van der Waals surface area contributed by atoms with Crippen LogP contribution < -0.4 is 9.62 Å². The van der Waals surface area contributed by atoms with Gasteiger partial charge in [-0.05, 0) is 61.2 Å². The van der Waals surface area contributed by atoms with E-state index in [0.29, 0.717) is 27.7 Å². The van der Waals surface area contributed by atoms with Crippen molar-refractivity contribution in [3.8, 4) is 0 Å². The maximum absolute atomic E-state index is 13.8. The zero-order chi connectivity index (χ0) is 27.2. The van der Waals surface area contributed by atoms with Crippen LogP contribution >= 0.6 is 39.1 Å². The second-order valence-electron chi connectivity index (χ2n) is 9.27. The SMILES string of the molecule is CC[C@H](C(=O)NC1CCCCC1)N(Cc1ccc(Cl)cc1Cl)C(=O)CN(c1ccc(Br)cc1)S(C)(=O)=O. The topological polar surface area (TPSA) is 86.8 Å². The Labute approximate surface area is 237 Å². The highest BCUT2D eigenvalue weighted by atomic mass is 79.9. The second kappa shape index (κ2) is 13.3. The van der Waals surface area contributed by atoms with Gasteiger partial charge in [0.15, 0.2) is 0 Å². The maximum atomic E-state index is 13.8. The number of carbonyl (C=O) groups is 2. The molecule has 3 rings (SSSR count). The summed E-state index contributed by atoms with van der Waals surface area (Å²) in [5.41, 5.74) is 0.959. The minimum Gasteiger partial charge on any atom is -0.352 e. The van der Waals surface area contributed by atoms with E-state index in [1.807, 2.05) is 6.92 Å². The fourth-order valence-corrected chi connectivity index (χ4v) is 6.10. The van der Waals surface area contributed by atoms with Crippen LogP contribution in [-0.4, -0.2) is 50.0 Å². The van der Waals surface area contributed by atoms with Crippen LogP contribution in [0.3, 0.4) is 0 Å². The molecule has 7 nitrogen and oxygen atoms in total. The Hall–Kier alpha value is -1.81. The van der Waals surface area contributed by atoms with E-state index in [4.69, 9.17) is 23.2 Å². The fraction of sp³-hybridized carbons (Fsp3) is 0.462. The largest absolute Gasteiger partial charge is 0.352 e. The molecule has 1 fully saturated rings. The molecule has 2 aromatic carbocycles. The predicted molar refractivity (Wildman–Crippen MR) is 152 cm³/mol. The Kier molecular flexibility index (Phi) is 10.7. The van der Waals surface area contributed by atoms with Gasteiger partial charge >= 0.3 is 0 Å². The summed E-state index contributed by atoms with van der Waals surface area (Å²) in [5.74, 6) is -0.757. The molecule has 37 heavy (non-hydrogen) atoms. The number of hydrogen-bond donors (Lipinski definition) is 1. The first kappa shape index (κ1) is 29.7. The molecule has 1 atom stereocenters. The van der Waals surface area contributed by atoms with Crippen LogP contribution in [0.25, 0.3) is 0 Å². The molecule has 2 aromatic rings. The number of nitrogens with zero attached hydrogens (tertiary/aromatic N) is 2. The molecule has 11 heteroatoms. The van der Waals surface area contributed by atoms with Gasteiger partial charge in [-0.1, -0.05) is 71.4 Å². The number of anilines is 1. The van der Waals surface area contributed by atoms with E-state index in [2.05, 4.69) is 21.2 Å². The number of rotatable bonds is 10. The van der Waals surface area contributed by atoms with Gasteiger partial charge in [-0.25, -0.2) is 8.42 Å². The Bertz CT molecular complexity index is 1200. The second-order valence-corrected chi connectivity index (χ2v) is 12.9. The number of benzene rings is 2. The highest BCUT2D eigenvalue weighted by Crippen LogP contribution is 2.26. The van der Waals surface area contributed by atoms with Crippen molar-refractivity contribution in [2.45, 2.75) is 64.1 Å². The molecular formula is C26H32BrCl2N3O4S. The van der Waals surface area contributed by atoms with E-state index in [1.54, 1.807) is 42.5 Å². The molecule has 202 valence electrons. The summed E-state index contributed by atoms with van der Waals surface area (Å²) in [5, 5.41) is 3.93. The predicted octanol–water partition coefficient (Wildman–Crippen LogP) is 5.78. The van der Waals surface area contributed by atoms with Crippen molar-refractivity contribution >= 4 is 66.7 Å². The average Bonchev–Trinajstić information content (AvgIpc) is 2.84. The Morgan fingerprint density at radius 1 is 1.08 bits per heavy atom. The standard InChI is InChI=1S/C26H32BrCl2N3O4S/c1-3-24(26(34)30-21-7-5-4-6-8-21)31(16-18-9-12-20(28)15-23(18)29)25(33)17-32(37(2,35)36)22-13-10-19(27)11-14-22/h9-15,21,24H,3-8,16-17H2,1-2H3,(H,30,34)/t24-/m1/s1. The molecule has 0 aromatic heterocycles. The van der Waals surface area contributed by atoms with E-state index in [1.165, 1.54) is 4.90 Å². The van der Waals surface area contributed by atoms with E-state index in [0.717, 1.165) is 47.1 Å². The quantitative estimate of drug-likeness (QED) is 0.360. The third kappa shape index (κ3) is 8.34. The summed E-state index contributed by atoms with van der Waals surface area (Å²) in [6.07, 6.45) is 6.49. The zero-order valence-electron chi connectivity index (χ0n) is 20.9. The molecule has 0 heterocycles. The lowest BCUT2D eigenvalue weighted by atomic mass is 9.95. The first-order valence-electron chi connectivity index (χ1n) is 12.3.